The predicted octanol–water partition coefficient (Wildman–Crippen LogP) is 3.15. The third-order valence-electron chi connectivity index (χ3n) is 5.44. The molecule has 3 aromatic rings. The topological polar surface area (TPSA) is 107 Å². The quantitative estimate of drug-likeness (QED) is 0.708. The highest BCUT2D eigenvalue weighted by atomic mass is 15.3. The van der Waals surface area contributed by atoms with Gasteiger partial charge in [-0.25, -0.2) is 9.97 Å². The van der Waals surface area contributed by atoms with Crippen molar-refractivity contribution in [3.05, 3.63) is 31.0 Å². The molecular formula is C20H17N7. The summed E-state index contributed by atoms with van der Waals surface area (Å²) in [5.41, 5.74) is 1.82. The first-order valence-electron chi connectivity index (χ1n) is 8.66. The molecule has 4 rings (SSSR count). The summed E-state index contributed by atoms with van der Waals surface area (Å²) in [4.78, 5) is 11.7. The van der Waals surface area contributed by atoms with Crippen molar-refractivity contribution in [1.82, 2.24) is 24.7 Å². The van der Waals surface area contributed by atoms with Crippen LogP contribution in [0.4, 0.5) is 0 Å². The highest BCUT2D eigenvalue weighted by Crippen LogP contribution is 2.58. The second kappa shape index (κ2) is 6.27. The number of aromatic nitrogens is 5. The zero-order chi connectivity index (χ0) is 18.9. The van der Waals surface area contributed by atoms with Crippen molar-refractivity contribution in [2.75, 3.05) is 0 Å². The fourth-order valence-corrected chi connectivity index (χ4v) is 4.36. The Bertz CT molecular complexity index is 1090. The summed E-state index contributed by atoms with van der Waals surface area (Å²) < 4.78 is 1.90. The summed E-state index contributed by atoms with van der Waals surface area (Å²) in [5, 5.41) is 23.8. The minimum Gasteiger partial charge on any atom is -0.346 e. The standard InChI is InChI=1S/C20H17N7/c1-2-4-20(12-19(13-20,5-7-21)6-8-22)27-11-15(10-26-27)17-16-3-9-23-18(16)25-14-24-17/h1,3,9-11,14H,4-6,12-13H2,(H,23,24,25). The number of aromatic amines is 1. The number of rotatable bonds is 5. The van der Waals surface area contributed by atoms with E-state index in [4.69, 9.17) is 16.9 Å². The smallest absolute Gasteiger partial charge is 0.141 e. The fourth-order valence-electron chi connectivity index (χ4n) is 4.36. The van der Waals surface area contributed by atoms with Crippen LogP contribution in [0.5, 0.6) is 0 Å². The summed E-state index contributed by atoms with van der Waals surface area (Å²) in [6.45, 7) is 0. The molecule has 0 unspecified atom stereocenters. The molecule has 0 atom stereocenters. The molecule has 1 fully saturated rings. The third kappa shape index (κ3) is 2.63. The molecule has 0 amide bonds. The molecule has 0 radical (unpaired) electrons. The van der Waals surface area contributed by atoms with E-state index >= 15 is 0 Å². The molecule has 1 N–H and O–H groups in total. The van der Waals surface area contributed by atoms with Gasteiger partial charge in [-0.05, 0) is 18.9 Å². The second-order valence-corrected chi connectivity index (χ2v) is 7.26. The van der Waals surface area contributed by atoms with E-state index in [2.05, 4.69) is 38.1 Å². The van der Waals surface area contributed by atoms with Gasteiger partial charge in [-0.1, -0.05) is 0 Å². The lowest BCUT2D eigenvalue weighted by Crippen LogP contribution is -2.53. The van der Waals surface area contributed by atoms with Crippen LogP contribution < -0.4 is 0 Å². The Morgan fingerprint density at radius 1 is 1.19 bits per heavy atom. The van der Waals surface area contributed by atoms with Crippen LogP contribution in [0.15, 0.2) is 31.0 Å². The van der Waals surface area contributed by atoms with Gasteiger partial charge in [-0.3, -0.25) is 4.68 Å². The molecule has 1 aliphatic carbocycles. The van der Waals surface area contributed by atoms with E-state index in [1.54, 1.807) is 6.20 Å². The zero-order valence-electron chi connectivity index (χ0n) is 14.7. The van der Waals surface area contributed by atoms with E-state index in [0.717, 1.165) is 22.3 Å². The Kier molecular flexibility index (Phi) is 3.90. The number of terminal acetylenes is 1. The summed E-state index contributed by atoms with van der Waals surface area (Å²) in [6, 6.07) is 6.38. The fraction of sp³-hybridized carbons (Fsp3) is 0.350. The molecule has 0 aromatic carbocycles. The van der Waals surface area contributed by atoms with Crippen LogP contribution in [-0.4, -0.2) is 24.7 Å². The first-order valence-corrected chi connectivity index (χ1v) is 8.66. The highest BCUT2D eigenvalue weighted by Gasteiger charge is 2.55. The summed E-state index contributed by atoms with van der Waals surface area (Å²) in [6.07, 6.45) is 15.3. The van der Waals surface area contributed by atoms with Gasteiger partial charge >= 0.3 is 0 Å². The van der Waals surface area contributed by atoms with Crippen molar-refractivity contribution in [3.63, 3.8) is 0 Å². The van der Waals surface area contributed by atoms with Crippen LogP contribution in [0, 0.1) is 40.4 Å². The molecule has 1 aliphatic rings. The van der Waals surface area contributed by atoms with Crippen LogP contribution in [-0.2, 0) is 5.54 Å². The lowest BCUT2D eigenvalue weighted by molar-refractivity contribution is -0.0282. The van der Waals surface area contributed by atoms with Crippen molar-refractivity contribution in [3.8, 4) is 35.7 Å². The number of hydrogen-bond donors (Lipinski definition) is 1. The SMILES string of the molecule is C#CCC1(n2cc(-c3ncnc4[nH]ccc34)cn2)CC(CC#N)(CC#N)C1. The number of hydrogen-bond acceptors (Lipinski definition) is 5. The van der Waals surface area contributed by atoms with Crippen molar-refractivity contribution < 1.29 is 0 Å². The molecule has 0 bridgehead atoms. The number of nitrogens with one attached hydrogen (secondary N) is 1. The molecule has 0 saturated heterocycles. The van der Waals surface area contributed by atoms with Crippen LogP contribution in [0.25, 0.3) is 22.3 Å². The minimum absolute atomic E-state index is 0.296. The average molecular weight is 355 g/mol. The van der Waals surface area contributed by atoms with E-state index < -0.39 is 0 Å². The Balaban J connectivity index is 1.69. The minimum atomic E-state index is -0.356. The van der Waals surface area contributed by atoms with Crippen molar-refractivity contribution in [2.45, 2.75) is 37.6 Å². The van der Waals surface area contributed by atoms with Crippen LogP contribution in [0.2, 0.25) is 0 Å². The average Bonchev–Trinajstić information content (AvgIpc) is 3.30. The largest absolute Gasteiger partial charge is 0.346 e. The number of nitriles is 2. The second-order valence-electron chi connectivity index (χ2n) is 7.26. The molecule has 3 aromatic heterocycles. The monoisotopic (exact) mass is 355 g/mol. The molecular weight excluding hydrogens is 338 g/mol. The van der Waals surface area contributed by atoms with Crippen molar-refractivity contribution in [2.24, 2.45) is 5.41 Å². The van der Waals surface area contributed by atoms with E-state index in [1.165, 1.54) is 6.33 Å². The third-order valence-corrected chi connectivity index (χ3v) is 5.44. The van der Waals surface area contributed by atoms with Gasteiger partial charge in [0.1, 0.15) is 12.0 Å². The van der Waals surface area contributed by atoms with E-state index in [9.17, 15) is 0 Å². The normalized spacial score (nSPS) is 16.8. The predicted molar refractivity (Wildman–Crippen MR) is 98.7 cm³/mol. The summed E-state index contributed by atoms with van der Waals surface area (Å²) in [5.74, 6) is 2.75. The van der Waals surface area contributed by atoms with Gasteiger partial charge in [0.25, 0.3) is 0 Å². The van der Waals surface area contributed by atoms with Crippen LogP contribution in [0.1, 0.15) is 32.1 Å². The Morgan fingerprint density at radius 2 is 1.96 bits per heavy atom. The van der Waals surface area contributed by atoms with Crippen molar-refractivity contribution >= 4 is 11.0 Å². The molecule has 1 saturated carbocycles. The lowest BCUT2D eigenvalue weighted by atomic mass is 9.54. The Hall–Kier alpha value is -3.63. The van der Waals surface area contributed by atoms with Gasteiger partial charge in [0.2, 0.25) is 0 Å². The molecule has 0 aliphatic heterocycles. The van der Waals surface area contributed by atoms with E-state index in [1.807, 2.05) is 23.1 Å². The van der Waals surface area contributed by atoms with E-state index in [-0.39, 0.29) is 11.0 Å². The molecule has 7 heteroatoms. The van der Waals surface area contributed by atoms with Gasteiger partial charge in [0, 0.05) is 48.0 Å². The number of nitrogens with zero attached hydrogens (tertiary/aromatic N) is 6. The highest BCUT2D eigenvalue weighted by molar-refractivity contribution is 5.89. The molecule has 27 heavy (non-hydrogen) atoms. The van der Waals surface area contributed by atoms with Gasteiger partial charge in [0.05, 0.1) is 29.6 Å². The van der Waals surface area contributed by atoms with Crippen molar-refractivity contribution in [1.29, 1.82) is 10.5 Å². The van der Waals surface area contributed by atoms with E-state index in [0.29, 0.717) is 32.1 Å². The Labute approximate surface area is 156 Å². The molecule has 0 spiro atoms. The first kappa shape index (κ1) is 16.8. The maximum atomic E-state index is 9.16. The molecule has 7 nitrogen and oxygen atoms in total. The number of H-pyrrole nitrogens is 1. The van der Waals surface area contributed by atoms with Gasteiger partial charge in [0.15, 0.2) is 0 Å². The number of fused-ring (bicyclic) bond motifs is 1. The summed E-state index contributed by atoms with van der Waals surface area (Å²) >= 11 is 0. The van der Waals surface area contributed by atoms with Gasteiger partial charge in [-0.2, -0.15) is 15.6 Å². The first-order chi connectivity index (χ1) is 13.2. The van der Waals surface area contributed by atoms with Crippen LogP contribution in [0.3, 0.4) is 0 Å². The van der Waals surface area contributed by atoms with Crippen LogP contribution >= 0.6 is 0 Å². The maximum Gasteiger partial charge on any atom is 0.141 e. The lowest BCUT2D eigenvalue weighted by Gasteiger charge is -2.54. The Morgan fingerprint density at radius 3 is 2.67 bits per heavy atom. The van der Waals surface area contributed by atoms with Gasteiger partial charge < -0.3 is 4.98 Å². The zero-order valence-corrected chi connectivity index (χ0v) is 14.7. The maximum absolute atomic E-state index is 9.16. The summed E-state index contributed by atoms with van der Waals surface area (Å²) in [7, 11) is 0. The molecule has 3 heterocycles. The van der Waals surface area contributed by atoms with Gasteiger partial charge in [-0.15, -0.1) is 12.3 Å². The molecule has 132 valence electrons.